The van der Waals surface area contributed by atoms with E-state index in [0.29, 0.717) is 5.56 Å². The maximum absolute atomic E-state index is 12.9. The highest BCUT2D eigenvalue weighted by atomic mass is 32.2. The van der Waals surface area contributed by atoms with Crippen molar-refractivity contribution in [3.8, 4) is 0 Å². The molecule has 0 unspecified atom stereocenters. The first kappa shape index (κ1) is 16.5. The van der Waals surface area contributed by atoms with Gasteiger partial charge in [0.15, 0.2) is 0 Å². The van der Waals surface area contributed by atoms with Gasteiger partial charge in [-0.25, -0.2) is 0 Å². The van der Waals surface area contributed by atoms with Gasteiger partial charge in [0.2, 0.25) is 0 Å². The van der Waals surface area contributed by atoms with Crippen molar-refractivity contribution in [2.24, 2.45) is 0 Å². The molecule has 4 heteroatoms. The van der Waals surface area contributed by atoms with E-state index in [0.717, 1.165) is 27.2 Å². The lowest BCUT2D eigenvalue weighted by molar-refractivity contribution is 0.102. The van der Waals surface area contributed by atoms with Crippen molar-refractivity contribution >= 4 is 34.3 Å². The summed E-state index contributed by atoms with van der Waals surface area (Å²) in [7, 11) is 0. The smallest absolute Gasteiger partial charge is 0.256 e. The highest BCUT2D eigenvalue weighted by Gasteiger charge is 2.15. The maximum atomic E-state index is 12.9. The summed E-state index contributed by atoms with van der Waals surface area (Å²) in [5, 5.41) is 3.92. The number of amides is 1. The monoisotopic (exact) mass is 336 g/mol. The van der Waals surface area contributed by atoms with Gasteiger partial charge in [0.25, 0.3) is 5.91 Å². The van der Waals surface area contributed by atoms with Crippen LogP contribution in [-0.4, -0.2) is 17.1 Å². The molecule has 0 bridgehead atoms. The average molecular weight is 336 g/mol. The van der Waals surface area contributed by atoms with E-state index in [2.05, 4.69) is 24.1 Å². The van der Waals surface area contributed by atoms with E-state index >= 15 is 0 Å². The highest BCUT2D eigenvalue weighted by molar-refractivity contribution is 7.98. The number of anilines is 1. The first-order valence-electron chi connectivity index (χ1n) is 7.94. The SMILES string of the molecule is CSc1ccccc1NC(=O)c1cc(C(C)C)nc2ccccc12. The van der Waals surface area contributed by atoms with Gasteiger partial charge in [-0.2, -0.15) is 0 Å². The van der Waals surface area contributed by atoms with Crippen LogP contribution < -0.4 is 5.32 Å². The van der Waals surface area contributed by atoms with Crippen molar-refractivity contribution in [3.63, 3.8) is 0 Å². The average Bonchev–Trinajstić information content (AvgIpc) is 2.61. The summed E-state index contributed by atoms with van der Waals surface area (Å²) in [6.07, 6.45) is 2.00. The summed E-state index contributed by atoms with van der Waals surface area (Å²) in [5.74, 6) is 0.164. The number of benzene rings is 2. The Morgan fingerprint density at radius 1 is 1.08 bits per heavy atom. The van der Waals surface area contributed by atoms with Gasteiger partial charge < -0.3 is 5.32 Å². The maximum Gasteiger partial charge on any atom is 0.256 e. The summed E-state index contributed by atoms with van der Waals surface area (Å²) in [6, 6.07) is 17.5. The van der Waals surface area contributed by atoms with Crippen molar-refractivity contribution in [1.29, 1.82) is 0 Å². The third-order valence-electron chi connectivity index (χ3n) is 3.93. The molecule has 0 saturated heterocycles. The van der Waals surface area contributed by atoms with E-state index in [1.54, 1.807) is 11.8 Å². The lowest BCUT2D eigenvalue weighted by Crippen LogP contribution is -2.14. The van der Waals surface area contributed by atoms with Crippen LogP contribution in [0.1, 0.15) is 35.8 Å². The highest BCUT2D eigenvalue weighted by Crippen LogP contribution is 2.27. The van der Waals surface area contributed by atoms with Crippen molar-refractivity contribution in [2.45, 2.75) is 24.7 Å². The number of nitrogens with zero attached hydrogens (tertiary/aromatic N) is 1. The number of hydrogen-bond acceptors (Lipinski definition) is 3. The fourth-order valence-electron chi connectivity index (χ4n) is 2.62. The Bertz CT molecular complexity index is 890. The number of hydrogen-bond donors (Lipinski definition) is 1. The topological polar surface area (TPSA) is 42.0 Å². The van der Waals surface area contributed by atoms with Crippen LogP contribution in [0.3, 0.4) is 0 Å². The van der Waals surface area contributed by atoms with Gasteiger partial charge in [0, 0.05) is 16.0 Å². The van der Waals surface area contributed by atoms with Crippen LogP contribution in [0.4, 0.5) is 5.69 Å². The number of aromatic nitrogens is 1. The van der Waals surface area contributed by atoms with Crippen LogP contribution in [0.5, 0.6) is 0 Å². The molecule has 1 N–H and O–H groups in total. The number of carbonyl (C=O) groups is 1. The summed E-state index contributed by atoms with van der Waals surface area (Å²) in [5.41, 5.74) is 3.28. The molecule has 3 aromatic rings. The molecule has 0 aliphatic carbocycles. The van der Waals surface area contributed by atoms with E-state index in [4.69, 9.17) is 0 Å². The normalized spacial score (nSPS) is 11.0. The van der Waals surface area contributed by atoms with Gasteiger partial charge in [-0.1, -0.05) is 44.2 Å². The molecule has 0 aliphatic heterocycles. The molecule has 3 rings (SSSR count). The third-order valence-corrected chi connectivity index (χ3v) is 4.72. The molecule has 1 amide bonds. The largest absolute Gasteiger partial charge is 0.321 e. The van der Waals surface area contributed by atoms with Crippen molar-refractivity contribution < 1.29 is 4.79 Å². The number of rotatable bonds is 4. The Balaban J connectivity index is 2.06. The summed E-state index contributed by atoms with van der Waals surface area (Å²) in [4.78, 5) is 18.6. The van der Waals surface area contributed by atoms with Crippen molar-refractivity contribution in [3.05, 3.63) is 65.9 Å². The second kappa shape index (κ2) is 7.05. The summed E-state index contributed by atoms with van der Waals surface area (Å²) >= 11 is 1.62. The molecular formula is C20H20N2OS. The van der Waals surface area contributed by atoms with Crippen molar-refractivity contribution in [1.82, 2.24) is 4.98 Å². The summed E-state index contributed by atoms with van der Waals surface area (Å²) < 4.78 is 0. The minimum Gasteiger partial charge on any atom is -0.321 e. The third kappa shape index (κ3) is 3.29. The molecule has 0 spiro atoms. The molecule has 0 radical (unpaired) electrons. The molecule has 1 heterocycles. The van der Waals surface area contributed by atoms with Crippen LogP contribution in [0.2, 0.25) is 0 Å². The van der Waals surface area contributed by atoms with E-state index in [9.17, 15) is 4.79 Å². The molecule has 3 nitrogen and oxygen atoms in total. The molecule has 0 atom stereocenters. The van der Waals surface area contributed by atoms with Gasteiger partial charge in [-0.15, -0.1) is 11.8 Å². The quantitative estimate of drug-likeness (QED) is 0.655. The Morgan fingerprint density at radius 2 is 1.79 bits per heavy atom. The van der Waals surface area contributed by atoms with Crippen LogP contribution in [0.25, 0.3) is 10.9 Å². The number of carbonyl (C=O) groups excluding carboxylic acids is 1. The van der Waals surface area contributed by atoms with Gasteiger partial charge in [0.05, 0.1) is 16.8 Å². The molecule has 0 aliphatic rings. The standard InChI is InChI=1S/C20H20N2OS/c1-13(2)18-12-15(14-8-4-5-9-16(14)21-18)20(23)22-17-10-6-7-11-19(17)24-3/h4-13H,1-3H3,(H,22,23). The van der Waals surface area contributed by atoms with Gasteiger partial charge in [-0.3, -0.25) is 9.78 Å². The molecule has 1 aromatic heterocycles. The number of thioether (sulfide) groups is 1. The lowest BCUT2D eigenvalue weighted by atomic mass is 10.0. The molecule has 122 valence electrons. The molecular weight excluding hydrogens is 316 g/mol. The Hall–Kier alpha value is -2.33. The minimum absolute atomic E-state index is 0.1000. The number of pyridine rings is 1. The van der Waals surface area contributed by atoms with Crippen molar-refractivity contribution in [2.75, 3.05) is 11.6 Å². The Labute approximate surface area is 146 Å². The van der Waals surface area contributed by atoms with Gasteiger partial charge in [0.1, 0.15) is 0 Å². The Kier molecular flexibility index (Phi) is 4.86. The fraction of sp³-hybridized carbons (Fsp3) is 0.200. The van der Waals surface area contributed by atoms with Crippen LogP contribution in [0, 0.1) is 0 Å². The minimum atomic E-state index is -0.1000. The first-order chi connectivity index (χ1) is 11.6. The molecule has 0 saturated carbocycles. The second-order valence-electron chi connectivity index (χ2n) is 5.92. The first-order valence-corrected chi connectivity index (χ1v) is 9.16. The van der Waals surface area contributed by atoms with E-state index < -0.39 is 0 Å². The Morgan fingerprint density at radius 3 is 2.54 bits per heavy atom. The number of nitrogens with one attached hydrogen (secondary N) is 1. The zero-order chi connectivity index (χ0) is 17.1. The summed E-state index contributed by atoms with van der Waals surface area (Å²) in [6.45, 7) is 4.17. The molecule has 24 heavy (non-hydrogen) atoms. The predicted molar refractivity (Wildman–Crippen MR) is 102 cm³/mol. The zero-order valence-electron chi connectivity index (χ0n) is 14.0. The van der Waals surface area contributed by atoms with E-state index in [-0.39, 0.29) is 11.8 Å². The lowest BCUT2D eigenvalue weighted by Gasteiger charge is -2.13. The van der Waals surface area contributed by atoms with Crippen LogP contribution >= 0.6 is 11.8 Å². The fourth-order valence-corrected chi connectivity index (χ4v) is 3.17. The second-order valence-corrected chi connectivity index (χ2v) is 6.77. The molecule has 0 fully saturated rings. The number of fused-ring (bicyclic) bond motifs is 1. The van der Waals surface area contributed by atoms with Crippen LogP contribution in [0.15, 0.2) is 59.5 Å². The van der Waals surface area contributed by atoms with E-state index in [1.165, 1.54) is 0 Å². The number of para-hydroxylation sites is 2. The van der Waals surface area contributed by atoms with Gasteiger partial charge >= 0.3 is 0 Å². The van der Waals surface area contributed by atoms with Gasteiger partial charge in [-0.05, 0) is 36.4 Å². The van der Waals surface area contributed by atoms with E-state index in [1.807, 2.05) is 60.9 Å². The molecule has 2 aromatic carbocycles. The van der Waals surface area contributed by atoms with Crippen LogP contribution in [-0.2, 0) is 0 Å². The predicted octanol–water partition coefficient (Wildman–Crippen LogP) is 5.33. The zero-order valence-corrected chi connectivity index (χ0v) is 14.9.